The normalized spacial score (nSPS) is 21.2. The second kappa shape index (κ2) is 7.17. The minimum absolute atomic E-state index is 0.00624. The predicted molar refractivity (Wildman–Crippen MR) is 75.5 cm³/mol. The van der Waals surface area contributed by atoms with Crippen molar-refractivity contribution >= 4 is 11.9 Å². The number of nitrogens with zero attached hydrogens (tertiary/aromatic N) is 2. The van der Waals surface area contributed by atoms with Gasteiger partial charge in [-0.2, -0.15) is 0 Å². The fraction of sp³-hybridized carbons (Fsp3) is 0.533. The Kier molecular flexibility index (Phi) is 5.27. The van der Waals surface area contributed by atoms with E-state index in [0.717, 1.165) is 5.56 Å². The minimum atomic E-state index is -0.840. The number of carboxylic acids is 1. The smallest absolute Gasteiger partial charge is 0.303 e. The molecule has 0 spiro atoms. The molecule has 1 aliphatic rings. The molecule has 1 N–H and O–H groups in total. The number of carboxylic acid groups (broad SMARTS) is 1. The molecule has 2 atom stereocenters. The van der Waals surface area contributed by atoms with Crippen LogP contribution in [0, 0.1) is 5.92 Å². The van der Waals surface area contributed by atoms with E-state index >= 15 is 0 Å². The Morgan fingerprint density at radius 1 is 1.52 bits per heavy atom. The molecule has 0 aliphatic carbocycles. The van der Waals surface area contributed by atoms with E-state index in [0.29, 0.717) is 26.0 Å². The van der Waals surface area contributed by atoms with Crippen LogP contribution in [-0.2, 0) is 14.3 Å². The lowest BCUT2D eigenvalue weighted by molar-refractivity contribution is -0.139. The molecule has 114 valence electrons. The van der Waals surface area contributed by atoms with Gasteiger partial charge in [0.15, 0.2) is 0 Å². The van der Waals surface area contributed by atoms with Crippen LogP contribution in [0.2, 0.25) is 0 Å². The summed E-state index contributed by atoms with van der Waals surface area (Å²) in [6.07, 6.45) is 4.37. The van der Waals surface area contributed by atoms with Gasteiger partial charge >= 0.3 is 5.97 Å². The van der Waals surface area contributed by atoms with Crippen molar-refractivity contribution in [3.8, 4) is 0 Å². The molecule has 2 heterocycles. The Bertz CT molecular complexity index is 492. The first-order chi connectivity index (χ1) is 10.1. The predicted octanol–water partition coefficient (Wildman–Crippen LogP) is 1.48. The number of carbonyl (C=O) groups excluding carboxylic acids is 1. The van der Waals surface area contributed by atoms with E-state index in [1.165, 1.54) is 0 Å². The molecule has 0 bridgehead atoms. The molecule has 6 heteroatoms. The number of aliphatic carboxylic acids is 1. The largest absolute Gasteiger partial charge is 0.481 e. The summed E-state index contributed by atoms with van der Waals surface area (Å²) in [6.45, 7) is 1.00. The van der Waals surface area contributed by atoms with Crippen LogP contribution in [0.15, 0.2) is 24.5 Å². The molecule has 1 amide bonds. The molecule has 0 aromatic carbocycles. The van der Waals surface area contributed by atoms with Crippen molar-refractivity contribution in [2.75, 3.05) is 20.2 Å². The molecule has 1 aromatic heterocycles. The third-order valence-electron chi connectivity index (χ3n) is 3.68. The number of pyridine rings is 1. The van der Waals surface area contributed by atoms with Crippen LogP contribution >= 0.6 is 0 Å². The summed E-state index contributed by atoms with van der Waals surface area (Å²) in [4.78, 5) is 28.7. The van der Waals surface area contributed by atoms with Gasteiger partial charge in [0.1, 0.15) is 0 Å². The summed E-state index contributed by atoms with van der Waals surface area (Å²) in [7, 11) is 1.71. The number of rotatable bonds is 6. The van der Waals surface area contributed by atoms with Gasteiger partial charge in [0.2, 0.25) is 5.91 Å². The van der Waals surface area contributed by atoms with Crippen LogP contribution in [-0.4, -0.2) is 47.1 Å². The van der Waals surface area contributed by atoms with Crippen LogP contribution in [0.25, 0.3) is 0 Å². The van der Waals surface area contributed by atoms with Crippen LogP contribution in [0.1, 0.15) is 30.9 Å². The van der Waals surface area contributed by atoms with Crippen LogP contribution in [0.5, 0.6) is 0 Å². The zero-order valence-corrected chi connectivity index (χ0v) is 12.1. The van der Waals surface area contributed by atoms with E-state index in [4.69, 9.17) is 9.84 Å². The summed E-state index contributed by atoms with van der Waals surface area (Å²) in [5, 5.41) is 8.64. The van der Waals surface area contributed by atoms with Gasteiger partial charge in [-0.15, -0.1) is 0 Å². The van der Waals surface area contributed by atoms with Gasteiger partial charge in [0.25, 0.3) is 0 Å². The van der Waals surface area contributed by atoms with E-state index < -0.39 is 5.97 Å². The molecule has 0 saturated carbocycles. The van der Waals surface area contributed by atoms with Crippen molar-refractivity contribution in [1.29, 1.82) is 0 Å². The Hall–Kier alpha value is -1.95. The van der Waals surface area contributed by atoms with Crippen molar-refractivity contribution in [3.63, 3.8) is 0 Å². The standard InChI is InChI=1S/C15H20N2O4/c1-17(8-3-5-13(18)19)15(20)12-6-9-21-14(12)11-4-2-7-16-10-11/h2,4,7,10,12,14H,3,5-6,8-9H2,1H3,(H,18,19)/t12-,14+/m0/s1. The molecular weight excluding hydrogens is 272 g/mol. The lowest BCUT2D eigenvalue weighted by Crippen LogP contribution is -2.35. The number of amides is 1. The number of ether oxygens (including phenoxy) is 1. The second-order valence-electron chi connectivity index (χ2n) is 5.23. The highest BCUT2D eigenvalue weighted by Crippen LogP contribution is 2.35. The molecule has 0 radical (unpaired) electrons. The fourth-order valence-corrected chi connectivity index (χ4v) is 2.58. The van der Waals surface area contributed by atoms with Gasteiger partial charge in [-0.05, 0) is 24.5 Å². The van der Waals surface area contributed by atoms with Crippen molar-refractivity contribution in [3.05, 3.63) is 30.1 Å². The van der Waals surface area contributed by atoms with E-state index in [2.05, 4.69) is 4.98 Å². The Balaban J connectivity index is 1.96. The maximum atomic E-state index is 12.5. The maximum absolute atomic E-state index is 12.5. The first-order valence-electron chi connectivity index (χ1n) is 7.08. The zero-order chi connectivity index (χ0) is 15.2. The van der Waals surface area contributed by atoms with E-state index in [-0.39, 0.29) is 24.3 Å². The molecule has 21 heavy (non-hydrogen) atoms. The fourth-order valence-electron chi connectivity index (χ4n) is 2.58. The number of carbonyl (C=O) groups is 2. The highest BCUT2D eigenvalue weighted by molar-refractivity contribution is 5.79. The van der Waals surface area contributed by atoms with Crippen LogP contribution < -0.4 is 0 Å². The Morgan fingerprint density at radius 3 is 3.00 bits per heavy atom. The van der Waals surface area contributed by atoms with E-state index in [1.807, 2.05) is 12.1 Å². The molecule has 2 rings (SSSR count). The van der Waals surface area contributed by atoms with Gasteiger partial charge in [0.05, 0.1) is 12.0 Å². The van der Waals surface area contributed by atoms with Crippen molar-refractivity contribution < 1.29 is 19.4 Å². The quantitative estimate of drug-likeness (QED) is 0.859. The van der Waals surface area contributed by atoms with Crippen molar-refractivity contribution in [2.24, 2.45) is 5.92 Å². The number of hydrogen-bond donors (Lipinski definition) is 1. The number of hydrogen-bond acceptors (Lipinski definition) is 4. The first-order valence-corrected chi connectivity index (χ1v) is 7.08. The summed E-state index contributed by atoms with van der Waals surface area (Å²) in [5.74, 6) is -1.05. The average Bonchev–Trinajstić information content (AvgIpc) is 2.96. The molecule has 6 nitrogen and oxygen atoms in total. The summed E-state index contributed by atoms with van der Waals surface area (Å²) < 4.78 is 5.68. The third kappa shape index (κ3) is 4.01. The molecule has 1 aliphatic heterocycles. The van der Waals surface area contributed by atoms with Crippen molar-refractivity contribution in [1.82, 2.24) is 9.88 Å². The highest BCUT2D eigenvalue weighted by Gasteiger charge is 2.36. The topological polar surface area (TPSA) is 79.7 Å². The molecule has 0 unspecified atom stereocenters. The van der Waals surface area contributed by atoms with Gasteiger partial charge in [-0.25, -0.2) is 0 Å². The van der Waals surface area contributed by atoms with Crippen molar-refractivity contribution in [2.45, 2.75) is 25.4 Å². The van der Waals surface area contributed by atoms with E-state index in [9.17, 15) is 9.59 Å². The Labute approximate surface area is 123 Å². The Morgan fingerprint density at radius 2 is 2.33 bits per heavy atom. The highest BCUT2D eigenvalue weighted by atomic mass is 16.5. The maximum Gasteiger partial charge on any atom is 0.303 e. The summed E-state index contributed by atoms with van der Waals surface area (Å²) in [6, 6.07) is 3.74. The second-order valence-corrected chi connectivity index (χ2v) is 5.23. The summed E-state index contributed by atoms with van der Waals surface area (Å²) in [5.41, 5.74) is 0.910. The van der Waals surface area contributed by atoms with Gasteiger partial charge in [0, 0.05) is 39.0 Å². The van der Waals surface area contributed by atoms with Gasteiger partial charge in [-0.3, -0.25) is 14.6 Å². The molecule has 1 fully saturated rings. The number of aromatic nitrogens is 1. The minimum Gasteiger partial charge on any atom is -0.481 e. The van der Waals surface area contributed by atoms with Gasteiger partial charge in [-0.1, -0.05) is 6.07 Å². The monoisotopic (exact) mass is 292 g/mol. The van der Waals surface area contributed by atoms with E-state index in [1.54, 1.807) is 24.3 Å². The average molecular weight is 292 g/mol. The van der Waals surface area contributed by atoms with Crippen LogP contribution in [0.4, 0.5) is 0 Å². The van der Waals surface area contributed by atoms with Gasteiger partial charge < -0.3 is 14.7 Å². The van der Waals surface area contributed by atoms with Crippen LogP contribution in [0.3, 0.4) is 0 Å². The molecular formula is C15H20N2O4. The zero-order valence-electron chi connectivity index (χ0n) is 12.1. The molecule has 1 saturated heterocycles. The molecule has 1 aromatic rings. The lowest BCUT2D eigenvalue weighted by atomic mass is 9.95. The SMILES string of the molecule is CN(CCCC(=O)O)C(=O)[C@H]1CCO[C@@H]1c1cccnc1. The summed E-state index contributed by atoms with van der Waals surface area (Å²) >= 11 is 0. The lowest BCUT2D eigenvalue weighted by Gasteiger charge is -2.24. The third-order valence-corrected chi connectivity index (χ3v) is 3.68. The first kappa shape index (κ1) is 15.4.